The molecule has 3 rings (SSSR count). The number of nitrogens with zero attached hydrogens (tertiary/aromatic N) is 1. The molecule has 6 heteroatoms. The molecule has 2 aromatic carbocycles. The molecule has 1 heterocycles. The summed E-state index contributed by atoms with van der Waals surface area (Å²) in [6.45, 7) is 33.2. The molecule has 0 unspecified atom stereocenters. The van der Waals surface area contributed by atoms with Gasteiger partial charge in [-0.1, -0.05) is 107 Å². The normalized spacial score (nSPS) is 17.6. The lowest BCUT2D eigenvalue weighted by Crippen LogP contribution is -2.60. The molecule has 6 nitrogen and oxygen atoms in total. The highest BCUT2D eigenvalue weighted by Crippen LogP contribution is 2.44. The van der Waals surface area contributed by atoms with Gasteiger partial charge < -0.3 is 20.3 Å². The fourth-order valence-electron chi connectivity index (χ4n) is 7.48. The quantitative estimate of drug-likeness (QED) is 0.267. The highest BCUT2D eigenvalue weighted by Gasteiger charge is 2.46. The molecule has 2 aromatic rings. The maximum atomic E-state index is 14.7. The van der Waals surface area contributed by atoms with Crippen molar-refractivity contribution in [2.75, 3.05) is 0 Å². The van der Waals surface area contributed by atoms with Crippen molar-refractivity contribution in [2.24, 2.45) is 5.41 Å². The van der Waals surface area contributed by atoms with Gasteiger partial charge in [0.2, 0.25) is 0 Å². The van der Waals surface area contributed by atoms with Gasteiger partial charge >= 0.3 is 5.97 Å². The molecule has 266 valence electrons. The second-order valence-corrected chi connectivity index (χ2v) is 20.0. The SMILES string of the molecule is CC1(C)CC(OC(=O)C(C#N)(Cc2cc(C(C)(C)C)c(O)c(C(C)(C)C)c2)Cc2cc(C(C)(C)C)c(O)c(C(C)(C)C)c2)CC(C)(C)N1. The van der Waals surface area contributed by atoms with E-state index in [1.54, 1.807) is 0 Å². The molecule has 1 aliphatic heterocycles. The number of ether oxygens (including phenoxy) is 1. The molecule has 0 aliphatic carbocycles. The number of piperidine rings is 1. The maximum absolute atomic E-state index is 14.7. The first-order valence-corrected chi connectivity index (χ1v) is 17.6. The Morgan fingerprint density at radius 1 is 0.708 bits per heavy atom. The number of aromatic hydroxyl groups is 2. The van der Waals surface area contributed by atoms with Gasteiger partial charge in [0.25, 0.3) is 0 Å². The van der Waals surface area contributed by atoms with Crippen LogP contribution in [0.2, 0.25) is 0 Å². The van der Waals surface area contributed by atoms with E-state index in [4.69, 9.17) is 4.74 Å². The summed E-state index contributed by atoms with van der Waals surface area (Å²) in [5.74, 6) is -0.0219. The number of phenolic OH excluding ortho intramolecular Hbond substituents is 2. The predicted octanol–water partition coefficient (Wildman–Crippen LogP) is 9.44. The monoisotopic (exact) mass is 660 g/mol. The van der Waals surface area contributed by atoms with Gasteiger partial charge in [0.1, 0.15) is 17.6 Å². The van der Waals surface area contributed by atoms with Crippen molar-refractivity contribution < 1.29 is 19.7 Å². The molecular weight excluding hydrogens is 596 g/mol. The smallest absolute Gasteiger partial charge is 0.327 e. The molecule has 0 saturated carbocycles. The van der Waals surface area contributed by atoms with E-state index < -0.39 is 11.4 Å². The third-order valence-electron chi connectivity index (χ3n) is 9.61. The van der Waals surface area contributed by atoms with E-state index >= 15 is 0 Å². The van der Waals surface area contributed by atoms with Gasteiger partial charge in [-0.15, -0.1) is 0 Å². The van der Waals surface area contributed by atoms with Gasteiger partial charge in [0.05, 0.1) is 6.07 Å². The van der Waals surface area contributed by atoms with E-state index in [0.717, 1.165) is 33.4 Å². The number of rotatable bonds is 6. The molecule has 0 atom stereocenters. The van der Waals surface area contributed by atoms with Gasteiger partial charge in [-0.25, -0.2) is 0 Å². The third kappa shape index (κ3) is 8.94. The summed E-state index contributed by atoms with van der Waals surface area (Å²) < 4.78 is 6.40. The Morgan fingerprint density at radius 3 is 1.25 bits per heavy atom. The summed E-state index contributed by atoms with van der Waals surface area (Å²) in [5.41, 5.74) is 1.17. The fraction of sp³-hybridized carbons (Fsp3) is 0.667. The Kier molecular flexibility index (Phi) is 10.4. The number of esters is 1. The van der Waals surface area contributed by atoms with Crippen LogP contribution in [-0.2, 0) is 44.0 Å². The van der Waals surface area contributed by atoms with Crippen LogP contribution in [0.1, 0.15) is 157 Å². The molecular formula is C42H64N2O4. The minimum Gasteiger partial charge on any atom is -0.507 e. The third-order valence-corrected chi connectivity index (χ3v) is 9.61. The second kappa shape index (κ2) is 12.7. The molecule has 1 saturated heterocycles. The Labute approximate surface area is 291 Å². The lowest BCUT2D eigenvalue weighted by Gasteiger charge is -2.46. The average molecular weight is 661 g/mol. The van der Waals surface area contributed by atoms with Crippen LogP contribution >= 0.6 is 0 Å². The Balaban J connectivity index is 2.30. The maximum Gasteiger partial charge on any atom is 0.327 e. The Hall–Kier alpha value is -3.04. The summed E-state index contributed by atoms with van der Waals surface area (Å²) in [5, 5.41) is 37.7. The van der Waals surface area contributed by atoms with Crippen LogP contribution in [-0.4, -0.2) is 33.4 Å². The highest BCUT2D eigenvalue weighted by atomic mass is 16.5. The lowest BCUT2D eigenvalue weighted by atomic mass is 9.72. The zero-order valence-electron chi connectivity index (χ0n) is 32.9. The van der Waals surface area contributed by atoms with Crippen LogP contribution in [0.5, 0.6) is 11.5 Å². The molecule has 0 aromatic heterocycles. The van der Waals surface area contributed by atoms with Crippen molar-refractivity contribution in [1.82, 2.24) is 5.32 Å². The number of hydrogen-bond acceptors (Lipinski definition) is 6. The first-order valence-electron chi connectivity index (χ1n) is 17.6. The van der Waals surface area contributed by atoms with Crippen molar-refractivity contribution in [2.45, 2.75) is 175 Å². The predicted molar refractivity (Wildman–Crippen MR) is 197 cm³/mol. The molecule has 0 spiro atoms. The largest absolute Gasteiger partial charge is 0.507 e. The van der Waals surface area contributed by atoms with Crippen LogP contribution in [0.4, 0.5) is 0 Å². The number of phenols is 2. The van der Waals surface area contributed by atoms with E-state index in [9.17, 15) is 20.3 Å². The van der Waals surface area contributed by atoms with Gasteiger partial charge in [-0.05, 0) is 82.7 Å². The molecule has 1 fully saturated rings. The van der Waals surface area contributed by atoms with E-state index in [2.05, 4.69) is 122 Å². The molecule has 0 radical (unpaired) electrons. The van der Waals surface area contributed by atoms with Gasteiger partial charge in [0, 0.05) is 36.8 Å². The molecule has 1 aliphatic rings. The summed E-state index contributed by atoms with van der Waals surface area (Å²) in [6.07, 6.45) is 1.13. The average Bonchev–Trinajstić information content (AvgIpc) is 2.85. The topological polar surface area (TPSA) is 103 Å². The number of carbonyl (C=O) groups excluding carboxylic acids is 1. The number of nitrogens with one attached hydrogen (secondary N) is 1. The number of hydrogen-bond donors (Lipinski definition) is 3. The fourth-order valence-corrected chi connectivity index (χ4v) is 7.48. The molecule has 0 amide bonds. The summed E-state index contributed by atoms with van der Waals surface area (Å²) >= 11 is 0. The first kappa shape index (κ1) is 39.4. The van der Waals surface area contributed by atoms with E-state index in [1.807, 2.05) is 24.3 Å². The zero-order chi connectivity index (χ0) is 37.1. The zero-order valence-corrected chi connectivity index (χ0v) is 32.9. The van der Waals surface area contributed by atoms with Gasteiger partial charge in [0.15, 0.2) is 5.41 Å². The van der Waals surface area contributed by atoms with Gasteiger partial charge in [-0.3, -0.25) is 4.79 Å². The van der Waals surface area contributed by atoms with Crippen molar-refractivity contribution in [3.05, 3.63) is 57.6 Å². The Bertz CT molecular complexity index is 1390. The van der Waals surface area contributed by atoms with Crippen LogP contribution in [0.15, 0.2) is 24.3 Å². The van der Waals surface area contributed by atoms with Gasteiger partial charge in [-0.2, -0.15) is 5.26 Å². The second-order valence-electron chi connectivity index (χ2n) is 20.0. The number of carbonyl (C=O) groups is 1. The van der Waals surface area contributed by atoms with Crippen molar-refractivity contribution in [3.63, 3.8) is 0 Å². The first-order chi connectivity index (χ1) is 21.4. The van der Waals surface area contributed by atoms with Crippen LogP contribution < -0.4 is 5.32 Å². The van der Waals surface area contributed by atoms with E-state index in [0.29, 0.717) is 12.8 Å². The molecule has 3 N–H and O–H groups in total. The summed E-state index contributed by atoms with van der Waals surface area (Å²) in [7, 11) is 0. The summed E-state index contributed by atoms with van der Waals surface area (Å²) in [4.78, 5) is 14.7. The highest BCUT2D eigenvalue weighted by molar-refractivity contribution is 5.81. The Morgan fingerprint density at radius 2 is 1.00 bits per heavy atom. The minimum atomic E-state index is -1.57. The molecule has 48 heavy (non-hydrogen) atoms. The van der Waals surface area contributed by atoms with E-state index in [1.165, 1.54) is 0 Å². The van der Waals surface area contributed by atoms with Crippen molar-refractivity contribution >= 4 is 5.97 Å². The molecule has 0 bridgehead atoms. The van der Waals surface area contributed by atoms with Crippen LogP contribution in [0, 0.1) is 16.7 Å². The minimum absolute atomic E-state index is 0.114. The van der Waals surface area contributed by atoms with E-state index in [-0.39, 0.29) is 63.2 Å². The van der Waals surface area contributed by atoms with Crippen molar-refractivity contribution in [3.8, 4) is 17.6 Å². The summed E-state index contributed by atoms with van der Waals surface area (Å²) in [6, 6.07) is 10.3. The van der Waals surface area contributed by atoms with Crippen LogP contribution in [0.25, 0.3) is 0 Å². The standard InChI is InChI=1S/C42H64N2O4/c1-36(2,3)29-17-26(18-30(33(29)45)37(4,5)6)21-42(25-43,35(47)48-28-23-40(13,14)44-41(15,16)24-28)22-27-19-31(38(7,8)9)34(46)32(20-27)39(10,11)12/h17-20,28,44-46H,21-24H2,1-16H3. The van der Waals surface area contributed by atoms with Crippen molar-refractivity contribution in [1.29, 1.82) is 5.26 Å². The number of benzene rings is 2. The number of nitriles is 1. The van der Waals surface area contributed by atoms with Crippen LogP contribution in [0.3, 0.4) is 0 Å². The lowest BCUT2D eigenvalue weighted by molar-refractivity contribution is -0.162.